The molecular formula is C17H30N2OSi. The molecule has 1 aromatic rings. The van der Waals surface area contributed by atoms with Gasteiger partial charge < -0.3 is 10.2 Å². The number of nitrogens with zero attached hydrogens (tertiary/aromatic N) is 1. The monoisotopic (exact) mass is 306 g/mol. The Labute approximate surface area is 131 Å². The summed E-state index contributed by atoms with van der Waals surface area (Å²) >= 11 is 0. The van der Waals surface area contributed by atoms with Crippen molar-refractivity contribution in [2.75, 3.05) is 18.8 Å². The predicted molar refractivity (Wildman–Crippen MR) is 93.0 cm³/mol. The van der Waals surface area contributed by atoms with E-state index >= 15 is 0 Å². The van der Waals surface area contributed by atoms with Crippen LogP contribution in [-0.2, 0) is 17.4 Å². The van der Waals surface area contributed by atoms with Crippen molar-refractivity contribution in [2.45, 2.75) is 52.9 Å². The third kappa shape index (κ3) is 4.56. The molecule has 1 aromatic carbocycles. The van der Waals surface area contributed by atoms with E-state index in [0.717, 1.165) is 31.7 Å². The van der Waals surface area contributed by atoms with Crippen molar-refractivity contribution in [3.8, 4) is 0 Å². The largest absolute Gasteiger partial charge is 0.416 e. The molecule has 1 atom stereocenters. The van der Waals surface area contributed by atoms with Gasteiger partial charge in [-0.25, -0.2) is 0 Å². The highest BCUT2D eigenvalue weighted by Gasteiger charge is 2.29. The summed E-state index contributed by atoms with van der Waals surface area (Å²) in [6, 6.07) is 6.33. The average molecular weight is 307 g/mol. The van der Waals surface area contributed by atoms with Gasteiger partial charge in [0.1, 0.15) is 0 Å². The Morgan fingerprint density at radius 1 is 1.29 bits per heavy atom. The molecule has 4 heteroatoms. The molecule has 2 rings (SSSR count). The van der Waals surface area contributed by atoms with Crippen molar-refractivity contribution in [1.29, 1.82) is 0 Å². The Hall–Kier alpha value is -0.843. The third-order valence-electron chi connectivity index (χ3n) is 4.15. The van der Waals surface area contributed by atoms with Gasteiger partial charge in [-0.15, -0.1) is 0 Å². The van der Waals surface area contributed by atoms with E-state index in [0.29, 0.717) is 6.10 Å². The van der Waals surface area contributed by atoms with Gasteiger partial charge in [0, 0.05) is 25.3 Å². The van der Waals surface area contributed by atoms with Gasteiger partial charge in [-0.1, -0.05) is 26.8 Å². The second kappa shape index (κ2) is 6.51. The summed E-state index contributed by atoms with van der Waals surface area (Å²) in [6.45, 7) is 14.5. The van der Waals surface area contributed by atoms with Crippen LogP contribution in [0.2, 0.25) is 13.1 Å². The highest BCUT2D eigenvalue weighted by molar-refractivity contribution is 6.48. The first-order chi connectivity index (χ1) is 9.75. The molecule has 1 aliphatic heterocycles. The molecule has 0 amide bonds. The second-order valence-electron chi connectivity index (χ2n) is 7.55. The zero-order chi connectivity index (χ0) is 15.6. The van der Waals surface area contributed by atoms with Crippen molar-refractivity contribution in [2.24, 2.45) is 5.41 Å². The van der Waals surface area contributed by atoms with Gasteiger partial charge in [0.25, 0.3) is 0 Å². The van der Waals surface area contributed by atoms with Crippen molar-refractivity contribution in [3.05, 3.63) is 29.3 Å². The molecule has 2 N–H and O–H groups in total. The van der Waals surface area contributed by atoms with E-state index in [9.17, 15) is 0 Å². The minimum atomic E-state index is -1.02. The SMILES string of the molecule is C[SiH](C)OC(CN1CCc2ccc(N)cc2C1)C(C)(C)C. The first-order valence-corrected chi connectivity index (χ1v) is 10.8. The molecule has 0 fully saturated rings. The van der Waals surface area contributed by atoms with Crippen LogP contribution in [0.15, 0.2) is 18.2 Å². The van der Waals surface area contributed by atoms with Crippen molar-refractivity contribution in [1.82, 2.24) is 4.90 Å². The van der Waals surface area contributed by atoms with Crippen molar-refractivity contribution >= 4 is 14.7 Å². The summed E-state index contributed by atoms with van der Waals surface area (Å²) in [6.07, 6.45) is 1.43. The molecule has 0 bridgehead atoms. The van der Waals surface area contributed by atoms with Gasteiger partial charge in [0.15, 0.2) is 9.04 Å². The second-order valence-corrected chi connectivity index (χ2v) is 9.92. The molecule has 1 aliphatic rings. The minimum absolute atomic E-state index is 0.188. The number of hydrogen-bond donors (Lipinski definition) is 1. The zero-order valence-corrected chi connectivity index (χ0v) is 15.3. The Balaban J connectivity index is 2.06. The van der Waals surface area contributed by atoms with Crippen molar-refractivity contribution in [3.63, 3.8) is 0 Å². The van der Waals surface area contributed by atoms with Crippen LogP contribution >= 0.6 is 0 Å². The van der Waals surface area contributed by atoms with Crippen LogP contribution in [-0.4, -0.2) is 33.1 Å². The molecule has 0 radical (unpaired) electrons. The molecule has 0 spiro atoms. The molecule has 3 nitrogen and oxygen atoms in total. The van der Waals surface area contributed by atoms with E-state index in [1.54, 1.807) is 0 Å². The first-order valence-electron chi connectivity index (χ1n) is 8.01. The molecule has 0 saturated heterocycles. The van der Waals surface area contributed by atoms with Gasteiger partial charge in [0.2, 0.25) is 0 Å². The highest BCUT2D eigenvalue weighted by Crippen LogP contribution is 2.27. The fourth-order valence-electron chi connectivity index (χ4n) is 2.88. The third-order valence-corrected chi connectivity index (χ3v) is 5.02. The summed E-state index contributed by atoms with van der Waals surface area (Å²) in [7, 11) is -1.02. The standard InChI is InChI=1S/C17H30N2OSi/c1-17(2,3)16(20-21(4)5)12-19-9-8-13-6-7-15(18)10-14(13)11-19/h6-7,10,16,21H,8-9,11-12,18H2,1-5H3. The number of nitrogens with two attached hydrogens (primary N) is 1. The number of hydrogen-bond acceptors (Lipinski definition) is 3. The Bertz CT molecular complexity index is 482. The molecule has 0 aliphatic carbocycles. The topological polar surface area (TPSA) is 38.5 Å². The lowest BCUT2D eigenvalue weighted by Crippen LogP contribution is -2.44. The van der Waals surface area contributed by atoms with Crippen LogP contribution in [0.25, 0.3) is 0 Å². The number of fused-ring (bicyclic) bond motifs is 1. The summed E-state index contributed by atoms with van der Waals surface area (Å²) in [5, 5.41) is 0. The summed E-state index contributed by atoms with van der Waals surface area (Å²) in [5.74, 6) is 0. The van der Waals surface area contributed by atoms with Gasteiger partial charge in [-0.05, 0) is 48.2 Å². The maximum atomic E-state index is 6.30. The van der Waals surface area contributed by atoms with Gasteiger partial charge in [0.05, 0.1) is 6.10 Å². The quantitative estimate of drug-likeness (QED) is 0.686. The maximum absolute atomic E-state index is 6.30. The zero-order valence-electron chi connectivity index (χ0n) is 14.1. The molecule has 1 unspecified atom stereocenters. The van der Waals surface area contributed by atoms with Crippen LogP contribution in [0.3, 0.4) is 0 Å². The smallest absolute Gasteiger partial charge is 0.171 e. The highest BCUT2D eigenvalue weighted by atomic mass is 28.3. The van der Waals surface area contributed by atoms with Crippen LogP contribution < -0.4 is 5.73 Å². The first kappa shape index (κ1) is 16.5. The maximum Gasteiger partial charge on any atom is 0.171 e. The molecule has 1 heterocycles. The number of benzene rings is 1. The predicted octanol–water partition coefficient (Wildman–Crippen LogP) is 3.04. The minimum Gasteiger partial charge on any atom is -0.416 e. The Morgan fingerprint density at radius 3 is 2.62 bits per heavy atom. The van der Waals surface area contributed by atoms with E-state index in [-0.39, 0.29) is 5.41 Å². The lowest BCUT2D eigenvalue weighted by atomic mass is 9.88. The normalized spacial score (nSPS) is 17.8. The lowest BCUT2D eigenvalue weighted by molar-refractivity contribution is 0.0434. The summed E-state index contributed by atoms with van der Waals surface area (Å²) in [5.41, 5.74) is 9.82. The van der Waals surface area contributed by atoms with E-state index in [4.69, 9.17) is 10.2 Å². The van der Waals surface area contributed by atoms with E-state index in [1.807, 2.05) is 6.07 Å². The fourth-order valence-corrected chi connectivity index (χ4v) is 4.03. The van der Waals surface area contributed by atoms with E-state index in [2.05, 4.69) is 50.9 Å². The average Bonchev–Trinajstić information content (AvgIpc) is 2.36. The van der Waals surface area contributed by atoms with Crippen molar-refractivity contribution < 1.29 is 4.43 Å². The van der Waals surface area contributed by atoms with E-state index in [1.165, 1.54) is 11.1 Å². The van der Waals surface area contributed by atoms with Gasteiger partial charge in [-0.2, -0.15) is 0 Å². The van der Waals surface area contributed by atoms with Gasteiger partial charge >= 0.3 is 0 Å². The number of anilines is 1. The molecule has 0 aromatic heterocycles. The van der Waals surface area contributed by atoms with E-state index < -0.39 is 9.04 Å². The van der Waals surface area contributed by atoms with Crippen LogP contribution in [0.5, 0.6) is 0 Å². The fraction of sp³-hybridized carbons (Fsp3) is 0.647. The molecule has 0 saturated carbocycles. The van der Waals surface area contributed by atoms with Crippen LogP contribution in [0.4, 0.5) is 5.69 Å². The summed E-state index contributed by atoms with van der Waals surface area (Å²) < 4.78 is 6.30. The Kier molecular flexibility index (Phi) is 5.12. The van der Waals surface area contributed by atoms with Gasteiger partial charge in [-0.3, -0.25) is 4.90 Å². The van der Waals surface area contributed by atoms with Crippen LogP contribution in [0.1, 0.15) is 31.9 Å². The lowest BCUT2D eigenvalue weighted by Gasteiger charge is -2.38. The number of nitrogen functional groups attached to an aromatic ring is 1. The molecule has 21 heavy (non-hydrogen) atoms. The van der Waals surface area contributed by atoms with Crippen LogP contribution in [0, 0.1) is 5.41 Å². The molecule has 118 valence electrons. The molecular weight excluding hydrogens is 276 g/mol. The summed E-state index contributed by atoms with van der Waals surface area (Å²) in [4.78, 5) is 2.52. The number of rotatable bonds is 4. The Morgan fingerprint density at radius 2 is 2.00 bits per heavy atom.